The molecule has 4 aromatic carbocycles. The van der Waals surface area contributed by atoms with E-state index in [-0.39, 0.29) is 6.61 Å². The monoisotopic (exact) mass is 288 g/mol. The zero-order valence-electron chi connectivity index (χ0n) is 12.3. The van der Waals surface area contributed by atoms with Gasteiger partial charge >= 0.3 is 0 Å². The van der Waals surface area contributed by atoms with Gasteiger partial charge in [-0.2, -0.15) is 0 Å². The lowest BCUT2D eigenvalue weighted by Gasteiger charge is -2.14. The first-order valence-electron chi connectivity index (χ1n) is 7.37. The number of phenols is 1. The maximum Gasteiger partial charge on any atom is 0.123 e. The molecule has 2 N–H and O–H groups in total. The minimum Gasteiger partial charge on any atom is -0.507 e. The Labute approximate surface area is 128 Å². The van der Waals surface area contributed by atoms with E-state index < -0.39 is 0 Å². The second kappa shape index (κ2) is 4.72. The number of hydrogen-bond donors (Lipinski definition) is 2. The molecule has 0 aromatic heterocycles. The Morgan fingerprint density at radius 3 is 2.27 bits per heavy atom. The molecule has 0 heterocycles. The van der Waals surface area contributed by atoms with Crippen molar-refractivity contribution in [2.24, 2.45) is 0 Å². The number of fused-ring (bicyclic) bond motifs is 5. The average molecular weight is 288 g/mol. The Balaban J connectivity index is 2.35. The molecule has 0 aliphatic heterocycles. The Bertz CT molecular complexity index is 1030. The molecule has 0 amide bonds. The fourth-order valence-corrected chi connectivity index (χ4v) is 3.45. The van der Waals surface area contributed by atoms with Crippen LogP contribution in [0.1, 0.15) is 11.1 Å². The number of rotatable bonds is 1. The maximum absolute atomic E-state index is 10.1. The van der Waals surface area contributed by atoms with Crippen molar-refractivity contribution < 1.29 is 10.2 Å². The summed E-state index contributed by atoms with van der Waals surface area (Å²) in [5, 5.41) is 26.2. The molecule has 0 saturated carbocycles. The van der Waals surface area contributed by atoms with Gasteiger partial charge in [-0.25, -0.2) is 0 Å². The van der Waals surface area contributed by atoms with E-state index >= 15 is 0 Å². The van der Waals surface area contributed by atoms with Gasteiger partial charge in [0.2, 0.25) is 0 Å². The molecule has 0 aliphatic carbocycles. The lowest BCUT2D eigenvalue weighted by molar-refractivity contribution is 0.283. The zero-order valence-corrected chi connectivity index (χ0v) is 12.3. The van der Waals surface area contributed by atoms with Crippen molar-refractivity contribution in [1.29, 1.82) is 0 Å². The molecule has 22 heavy (non-hydrogen) atoms. The SMILES string of the molecule is Cc1cc2c(O)cccc2c2cc(CO)c3ccccc3c12. The van der Waals surface area contributed by atoms with E-state index in [1.807, 2.05) is 42.5 Å². The van der Waals surface area contributed by atoms with Crippen molar-refractivity contribution in [2.75, 3.05) is 0 Å². The third-order valence-electron chi connectivity index (χ3n) is 4.43. The number of aliphatic hydroxyl groups excluding tert-OH is 1. The second-order valence-corrected chi connectivity index (χ2v) is 5.73. The number of aromatic hydroxyl groups is 1. The molecule has 2 nitrogen and oxygen atoms in total. The molecule has 2 heteroatoms. The first kappa shape index (κ1) is 13.1. The van der Waals surface area contributed by atoms with Gasteiger partial charge in [0.15, 0.2) is 0 Å². The molecule has 0 radical (unpaired) electrons. The topological polar surface area (TPSA) is 40.5 Å². The van der Waals surface area contributed by atoms with Crippen LogP contribution in [-0.4, -0.2) is 10.2 Å². The van der Waals surface area contributed by atoms with Crippen LogP contribution in [0.3, 0.4) is 0 Å². The smallest absolute Gasteiger partial charge is 0.123 e. The van der Waals surface area contributed by atoms with E-state index in [1.165, 1.54) is 5.39 Å². The highest BCUT2D eigenvalue weighted by molar-refractivity contribution is 6.20. The number of benzene rings is 4. The summed E-state index contributed by atoms with van der Waals surface area (Å²) in [6.45, 7) is 2.07. The molecule has 4 aromatic rings. The van der Waals surface area contributed by atoms with E-state index in [2.05, 4.69) is 13.0 Å². The van der Waals surface area contributed by atoms with Gasteiger partial charge in [-0.3, -0.25) is 0 Å². The van der Waals surface area contributed by atoms with Crippen molar-refractivity contribution in [3.05, 3.63) is 65.7 Å². The Kier molecular flexibility index (Phi) is 2.81. The predicted molar refractivity (Wildman–Crippen MR) is 91.3 cm³/mol. The maximum atomic E-state index is 10.1. The summed E-state index contributed by atoms with van der Waals surface area (Å²) >= 11 is 0. The molecule has 0 saturated heterocycles. The molecule has 4 rings (SSSR count). The summed E-state index contributed by atoms with van der Waals surface area (Å²) in [5.74, 6) is 0.293. The van der Waals surface area contributed by atoms with E-state index in [9.17, 15) is 10.2 Å². The molecule has 0 spiro atoms. The van der Waals surface area contributed by atoms with Crippen LogP contribution in [0.4, 0.5) is 0 Å². The van der Waals surface area contributed by atoms with Crippen molar-refractivity contribution >= 4 is 32.3 Å². The molecule has 0 fully saturated rings. The van der Waals surface area contributed by atoms with Gasteiger partial charge in [0.25, 0.3) is 0 Å². The van der Waals surface area contributed by atoms with E-state index in [0.717, 1.165) is 38.1 Å². The van der Waals surface area contributed by atoms with Crippen LogP contribution in [0.15, 0.2) is 54.6 Å². The van der Waals surface area contributed by atoms with Crippen molar-refractivity contribution in [3.8, 4) is 5.75 Å². The average Bonchev–Trinajstić information content (AvgIpc) is 2.55. The normalized spacial score (nSPS) is 11.5. The van der Waals surface area contributed by atoms with Crippen LogP contribution in [0, 0.1) is 6.92 Å². The van der Waals surface area contributed by atoms with Crippen molar-refractivity contribution in [2.45, 2.75) is 13.5 Å². The lowest BCUT2D eigenvalue weighted by Crippen LogP contribution is -1.91. The van der Waals surface area contributed by atoms with Gasteiger partial charge in [0.1, 0.15) is 5.75 Å². The van der Waals surface area contributed by atoms with Crippen LogP contribution in [0.25, 0.3) is 32.3 Å². The minimum atomic E-state index is 0.00467. The highest BCUT2D eigenvalue weighted by Gasteiger charge is 2.12. The molecular formula is C20H16O2. The molecule has 0 aliphatic rings. The van der Waals surface area contributed by atoms with Crippen LogP contribution >= 0.6 is 0 Å². The van der Waals surface area contributed by atoms with Gasteiger partial charge in [0, 0.05) is 5.39 Å². The quantitative estimate of drug-likeness (QED) is 0.500. The summed E-state index contributed by atoms with van der Waals surface area (Å²) in [5.41, 5.74) is 2.04. The highest BCUT2D eigenvalue weighted by Crippen LogP contribution is 2.38. The van der Waals surface area contributed by atoms with Crippen LogP contribution < -0.4 is 0 Å². The number of hydrogen-bond acceptors (Lipinski definition) is 2. The standard InChI is InChI=1S/C20H16O2/c1-12-9-17-15(7-4-8-19(17)22)18-10-13(11-21)14-5-2-3-6-16(14)20(12)18/h2-10,21-22H,11H2,1H3. The van der Waals surface area contributed by atoms with Gasteiger partial charge in [-0.1, -0.05) is 36.4 Å². The van der Waals surface area contributed by atoms with Gasteiger partial charge < -0.3 is 10.2 Å². The van der Waals surface area contributed by atoms with Crippen molar-refractivity contribution in [3.63, 3.8) is 0 Å². The number of aliphatic hydroxyl groups is 1. The van der Waals surface area contributed by atoms with E-state index in [4.69, 9.17) is 0 Å². The Morgan fingerprint density at radius 1 is 0.773 bits per heavy atom. The molecule has 0 bridgehead atoms. The van der Waals surface area contributed by atoms with E-state index in [0.29, 0.717) is 5.75 Å². The third-order valence-corrected chi connectivity index (χ3v) is 4.43. The first-order chi connectivity index (χ1) is 10.7. The summed E-state index contributed by atoms with van der Waals surface area (Å²) in [6.07, 6.45) is 0. The molecule has 108 valence electrons. The largest absolute Gasteiger partial charge is 0.507 e. The van der Waals surface area contributed by atoms with Crippen LogP contribution in [-0.2, 0) is 6.61 Å². The summed E-state index contributed by atoms with van der Waals surface area (Å²) in [4.78, 5) is 0. The minimum absolute atomic E-state index is 0.00467. The highest BCUT2D eigenvalue weighted by atomic mass is 16.3. The zero-order chi connectivity index (χ0) is 15.3. The fourth-order valence-electron chi connectivity index (χ4n) is 3.45. The van der Waals surface area contributed by atoms with Crippen LogP contribution in [0.5, 0.6) is 5.75 Å². The third kappa shape index (κ3) is 1.71. The number of aryl methyl sites for hydroxylation is 1. The fraction of sp³-hybridized carbons (Fsp3) is 0.100. The van der Waals surface area contributed by atoms with Gasteiger partial charge in [-0.05, 0) is 63.2 Å². The molecule has 0 atom stereocenters. The second-order valence-electron chi connectivity index (χ2n) is 5.73. The summed E-state index contributed by atoms with van der Waals surface area (Å²) in [7, 11) is 0. The number of phenolic OH excluding ortho intramolecular Hbond substituents is 1. The van der Waals surface area contributed by atoms with Crippen molar-refractivity contribution in [1.82, 2.24) is 0 Å². The predicted octanol–water partition coefficient (Wildman–Crippen LogP) is 4.65. The lowest BCUT2D eigenvalue weighted by atomic mass is 9.91. The Morgan fingerprint density at radius 2 is 1.50 bits per heavy atom. The first-order valence-corrected chi connectivity index (χ1v) is 7.37. The van der Waals surface area contributed by atoms with Gasteiger partial charge in [-0.15, -0.1) is 0 Å². The van der Waals surface area contributed by atoms with Crippen LogP contribution in [0.2, 0.25) is 0 Å². The summed E-state index contributed by atoms with van der Waals surface area (Å²) < 4.78 is 0. The van der Waals surface area contributed by atoms with Gasteiger partial charge in [0.05, 0.1) is 6.61 Å². The van der Waals surface area contributed by atoms with E-state index in [1.54, 1.807) is 6.07 Å². The summed E-state index contributed by atoms with van der Waals surface area (Å²) in [6, 6.07) is 17.8. The molecular weight excluding hydrogens is 272 g/mol. The Hall–Kier alpha value is -2.58. The molecule has 0 unspecified atom stereocenters.